The third-order valence-electron chi connectivity index (χ3n) is 2.99. The Hall–Kier alpha value is -1.88. The summed E-state index contributed by atoms with van der Waals surface area (Å²) in [6.07, 6.45) is 1.68. The van der Waals surface area contributed by atoms with Crippen molar-refractivity contribution in [2.75, 3.05) is 0 Å². The molecule has 2 aromatic rings. The van der Waals surface area contributed by atoms with Gasteiger partial charge >= 0.3 is 5.97 Å². The Morgan fingerprint density at radius 2 is 2.24 bits per heavy atom. The molecule has 2 rings (SSSR count). The number of hydrogen-bond acceptors (Lipinski definition) is 2. The van der Waals surface area contributed by atoms with E-state index in [0.29, 0.717) is 5.39 Å². The van der Waals surface area contributed by atoms with Crippen LogP contribution in [0.15, 0.2) is 24.4 Å². The Labute approximate surface area is 97.2 Å². The van der Waals surface area contributed by atoms with Crippen LogP contribution in [0, 0.1) is 5.82 Å². The van der Waals surface area contributed by atoms with Gasteiger partial charge in [0, 0.05) is 23.0 Å². The molecule has 0 saturated heterocycles. The minimum atomic E-state index is -1.07. The predicted molar refractivity (Wildman–Crippen MR) is 62.3 cm³/mol. The number of aliphatic carboxylic acids is 1. The summed E-state index contributed by atoms with van der Waals surface area (Å²) in [6, 6.07) is 3.35. The van der Waals surface area contributed by atoms with E-state index < -0.39 is 12.0 Å². The van der Waals surface area contributed by atoms with Gasteiger partial charge in [0.15, 0.2) is 0 Å². The normalized spacial score (nSPS) is 14.8. The van der Waals surface area contributed by atoms with Crippen molar-refractivity contribution in [3.8, 4) is 0 Å². The lowest BCUT2D eigenvalue weighted by Crippen LogP contribution is -2.35. The van der Waals surface area contributed by atoms with E-state index in [0.717, 1.165) is 11.1 Å². The van der Waals surface area contributed by atoms with Crippen molar-refractivity contribution in [1.82, 2.24) is 4.98 Å². The number of rotatable bonds is 3. The van der Waals surface area contributed by atoms with E-state index >= 15 is 0 Å². The molecule has 1 aromatic heterocycles. The van der Waals surface area contributed by atoms with E-state index in [9.17, 15) is 9.18 Å². The zero-order valence-corrected chi connectivity index (χ0v) is 9.27. The molecule has 0 fully saturated rings. The predicted octanol–water partition coefficient (Wildman–Crippen LogP) is 1.82. The van der Waals surface area contributed by atoms with Crippen LogP contribution in [0.5, 0.6) is 0 Å². The molecular weight excluding hydrogens is 223 g/mol. The van der Waals surface area contributed by atoms with Gasteiger partial charge < -0.3 is 15.8 Å². The summed E-state index contributed by atoms with van der Waals surface area (Å²) >= 11 is 0. The highest BCUT2D eigenvalue weighted by atomic mass is 19.1. The fraction of sp³-hybridized carbons (Fsp3) is 0.250. The van der Waals surface area contributed by atoms with Gasteiger partial charge in [-0.15, -0.1) is 0 Å². The van der Waals surface area contributed by atoms with E-state index in [-0.39, 0.29) is 11.7 Å². The molecule has 0 radical (unpaired) electrons. The van der Waals surface area contributed by atoms with Gasteiger partial charge in [0.05, 0.1) is 0 Å². The van der Waals surface area contributed by atoms with E-state index in [2.05, 4.69) is 4.98 Å². The second kappa shape index (κ2) is 4.18. The molecule has 2 unspecified atom stereocenters. The molecular formula is C12H13FN2O2. The Morgan fingerprint density at radius 1 is 1.53 bits per heavy atom. The molecule has 0 spiro atoms. The molecule has 0 bridgehead atoms. The number of hydrogen-bond donors (Lipinski definition) is 3. The van der Waals surface area contributed by atoms with E-state index in [1.54, 1.807) is 19.2 Å². The van der Waals surface area contributed by atoms with Gasteiger partial charge in [-0.1, -0.05) is 6.92 Å². The van der Waals surface area contributed by atoms with Crippen molar-refractivity contribution in [2.24, 2.45) is 5.73 Å². The van der Waals surface area contributed by atoms with Gasteiger partial charge in [-0.25, -0.2) is 4.39 Å². The minimum absolute atomic E-state index is 0.352. The maximum absolute atomic E-state index is 13.2. The quantitative estimate of drug-likeness (QED) is 0.760. The van der Waals surface area contributed by atoms with Gasteiger partial charge in [-0.2, -0.15) is 0 Å². The number of benzene rings is 1. The lowest BCUT2D eigenvalue weighted by molar-refractivity contribution is -0.138. The zero-order chi connectivity index (χ0) is 12.6. The van der Waals surface area contributed by atoms with Gasteiger partial charge in [0.25, 0.3) is 0 Å². The van der Waals surface area contributed by atoms with Gasteiger partial charge in [-0.05, 0) is 23.8 Å². The molecule has 4 N–H and O–H groups in total. The van der Waals surface area contributed by atoms with Gasteiger partial charge in [0.2, 0.25) is 0 Å². The molecule has 0 aliphatic heterocycles. The molecule has 1 heterocycles. The summed E-state index contributed by atoms with van der Waals surface area (Å²) in [5.41, 5.74) is 7.06. The van der Waals surface area contributed by atoms with Crippen LogP contribution in [0.25, 0.3) is 10.9 Å². The molecule has 5 heteroatoms. The molecule has 90 valence electrons. The van der Waals surface area contributed by atoms with E-state index in [1.165, 1.54) is 12.1 Å². The summed E-state index contributed by atoms with van der Waals surface area (Å²) in [6.45, 7) is 1.71. The Balaban J connectivity index is 2.48. The topological polar surface area (TPSA) is 79.1 Å². The average molecular weight is 236 g/mol. The van der Waals surface area contributed by atoms with Crippen molar-refractivity contribution >= 4 is 16.9 Å². The monoisotopic (exact) mass is 236 g/mol. The second-order valence-corrected chi connectivity index (χ2v) is 4.09. The number of nitrogens with one attached hydrogen (secondary N) is 1. The van der Waals surface area contributed by atoms with Crippen LogP contribution >= 0.6 is 0 Å². The first-order valence-electron chi connectivity index (χ1n) is 5.25. The average Bonchev–Trinajstić information content (AvgIpc) is 2.69. The number of aromatic amines is 1. The van der Waals surface area contributed by atoms with Crippen LogP contribution in [0.4, 0.5) is 4.39 Å². The smallest absolute Gasteiger partial charge is 0.321 e. The summed E-state index contributed by atoms with van der Waals surface area (Å²) in [5, 5.41) is 9.54. The van der Waals surface area contributed by atoms with Crippen LogP contribution in [0.3, 0.4) is 0 Å². The van der Waals surface area contributed by atoms with Gasteiger partial charge in [0.1, 0.15) is 11.9 Å². The number of H-pyrrole nitrogens is 1. The third-order valence-corrected chi connectivity index (χ3v) is 2.99. The number of fused-ring (bicyclic) bond motifs is 1. The fourth-order valence-electron chi connectivity index (χ4n) is 1.90. The molecule has 0 saturated carbocycles. The van der Waals surface area contributed by atoms with E-state index in [1.807, 2.05) is 0 Å². The highest BCUT2D eigenvalue weighted by Crippen LogP contribution is 2.27. The van der Waals surface area contributed by atoms with Crippen molar-refractivity contribution < 1.29 is 14.3 Å². The first-order valence-corrected chi connectivity index (χ1v) is 5.25. The maximum atomic E-state index is 13.2. The molecule has 2 atom stereocenters. The third kappa shape index (κ3) is 2.01. The SMILES string of the molecule is CC(c1c[nH]c2ccc(F)cc12)C(N)C(=O)O. The fourth-order valence-corrected chi connectivity index (χ4v) is 1.90. The van der Waals surface area contributed by atoms with Gasteiger partial charge in [-0.3, -0.25) is 4.79 Å². The molecule has 0 amide bonds. The summed E-state index contributed by atoms with van der Waals surface area (Å²) < 4.78 is 13.2. The molecule has 0 aliphatic carbocycles. The zero-order valence-electron chi connectivity index (χ0n) is 9.27. The molecule has 4 nitrogen and oxygen atoms in total. The standard InChI is InChI=1S/C12H13FN2O2/c1-6(11(14)12(16)17)9-5-15-10-3-2-7(13)4-8(9)10/h2-6,11,15H,14H2,1H3,(H,16,17). The number of carboxylic acid groups (broad SMARTS) is 1. The lowest BCUT2D eigenvalue weighted by Gasteiger charge is -2.15. The minimum Gasteiger partial charge on any atom is -0.480 e. The number of halogens is 1. The van der Waals surface area contributed by atoms with Crippen LogP contribution < -0.4 is 5.73 Å². The highest BCUT2D eigenvalue weighted by Gasteiger charge is 2.23. The number of aromatic nitrogens is 1. The van der Waals surface area contributed by atoms with Crippen LogP contribution in [-0.4, -0.2) is 22.1 Å². The first-order chi connectivity index (χ1) is 8.00. The maximum Gasteiger partial charge on any atom is 0.321 e. The largest absolute Gasteiger partial charge is 0.480 e. The van der Waals surface area contributed by atoms with Crippen LogP contribution in [-0.2, 0) is 4.79 Å². The first kappa shape index (κ1) is 11.6. The van der Waals surface area contributed by atoms with Crippen molar-refractivity contribution in [3.63, 3.8) is 0 Å². The second-order valence-electron chi connectivity index (χ2n) is 4.09. The van der Waals surface area contributed by atoms with Crippen LogP contribution in [0.1, 0.15) is 18.4 Å². The molecule has 0 aliphatic rings. The van der Waals surface area contributed by atoms with Crippen molar-refractivity contribution in [2.45, 2.75) is 18.9 Å². The number of carbonyl (C=O) groups is 1. The van der Waals surface area contributed by atoms with Crippen LogP contribution in [0.2, 0.25) is 0 Å². The van der Waals surface area contributed by atoms with Crippen molar-refractivity contribution in [1.29, 1.82) is 0 Å². The molecule has 17 heavy (non-hydrogen) atoms. The molecule has 1 aromatic carbocycles. The summed E-state index contributed by atoms with van der Waals surface area (Å²) in [5.74, 6) is -1.80. The summed E-state index contributed by atoms with van der Waals surface area (Å²) in [4.78, 5) is 13.8. The number of nitrogens with two attached hydrogens (primary N) is 1. The Morgan fingerprint density at radius 3 is 2.88 bits per heavy atom. The Bertz CT molecular complexity index is 565. The highest BCUT2D eigenvalue weighted by molar-refractivity contribution is 5.85. The number of carboxylic acids is 1. The summed E-state index contributed by atoms with van der Waals surface area (Å²) in [7, 11) is 0. The Kier molecular flexibility index (Phi) is 2.85. The lowest BCUT2D eigenvalue weighted by atomic mass is 9.93. The van der Waals surface area contributed by atoms with Crippen molar-refractivity contribution in [3.05, 3.63) is 35.8 Å². The van der Waals surface area contributed by atoms with E-state index in [4.69, 9.17) is 10.8 Å².